The predicted octanol–water partition coefficient (Wildman–Crippen LogP) is 2.99. The van der Waals surface area contributed by atoms with E-state index in [2.05, 4.69) is 15.3 Å². The standard InChI is InChI=1S/C16H19N5O5S/c1-3-25-14-11(21(22)23)7-10(8-13(14)24-2)9-17-20-15(18-19-16(20)27)12-5-4-6-26-12/h7-9,12H,3-6H2,1-2H3,(H,19,27)/b17-9-. The minimum absolute atomic E-state index is 0.0853. The Kier molecular flexibility index (Phi) is 5.81. The number of aromatic nitrogens is 3. The summed E-state index contributed by atoms with van der Waals surface area (Å²) in [6.07, 6.45) is 3.04. The van der Waals surface area contributed by atoms with E-state index in [0.29, 0.717) is 22.8 Å². The van der Waals surface area contributed by atoms with Crippen LogP contribution in [0, 0.1) is 14.9 Å². The van der Waals surface area contributed by atoms with Crippen molar-refractivity contribution < 1.29 is 19.1 Å². The van der Waals surface area contributed by atoms with Crippen LogP contribution >= 0.6 is 12.2 Å². The van der Waals surface area contributed by atoms with Gasteiger partial charge >= 0.3 is 5.69 Å². The number of hydrogen-bond acceptors (Lipinski definition) is 8. The van der Waals surface area contributed by atoms with E-state index in [0.717, 1.165) is 12.8 Å². The van der Waals surface area contributed by atoms with Crippen LogP contribution in [-0.2, 0) is 4.74 Å². The van der Waals surface area contributed by atoms with Crippen LogP contribution in [0.4, 0.5) is 5.69 Å². The molecule has 1 atom stereocenters. The molecule has 1 aliphatic rings. The van der Waals surface area contributed by atoms with Crippen molar-refractivity contribution in [2.75, 3.05) is 20.3 Å². The van der Waals surface area contributed by atoms with Gasteiger partial charge in [0.1, 0.15) is 6.10 Å². The lowest BCUT2D eigenvalue weighted by Gasteiger charge is -2.10. The van der Waals surface area contributed by atoms with Crippen LogP contribution < -0.4 is 9.47 Å². The number of nitro benzene ring substituents is 1. The zero-order valence-electron chi connectivity index (χ0n) is 14.9. The number of rotatable bonds is 7. The number of nitrogens with zero attached hydrogens (tertiary/aromatic N) is 4. The highest BCUT2D eigenvalue weighted by molar-refractivity contribution is 7.71. The molecule has 11 heteroatoms. The third-order valence-electron chi connectivity index (χ3n) is 3.98. The molecule has 0 amide bonds. The van der Waals surface area contributed by atoms with Gasteiger partial charge in [0, 0.05) is 18.2 Å². The van der Waals surface area contributed by atoms with Crippen molar-refractivity contribution in [2.45, 2.75) is 25.9 Å². The van der Waals surface area contributed by atoms with Gasteiger partial charge in [0.05, 0.1) is 24.9 Å². The normalized spacial score (nSPS) is 16.7. The zero-order valence-corrected chi connectivity index (χ0v) is 15.7. The second-order valence-electron chi connectivity index (χ2n) is 5.71. The highest BCUT2D eigenvalue weighted by Crippen LogP contribution is 2.38. The van der Waals surface area contributed by atoms with Crippen LogP contribution in [-0.4, -0.2) is 46.3 Å². The second-order valence-corrected chi connectivity index (χ2v) is 6.09. The third kappa shape index (κ3) is 3.98. The van der Waals surface area contributed by atoms with Crippen molar-refractivity contribution in [2.24, 2.45) is 5.10 Å². The summed E-state index contributed by atoms with van der Waals surface area (Å²) in [4.78, 5) is 10.9. The Morgan fingerprint density at radius 1 is 1.59 bits per heavy atom. The van der Waals surface area contributed by atoms with E-state index in [1.165, 1.54) is 24.1 Å². The fraction of sp³-hybridized carbons (Fsp3) is 0.438. The number of nitrogens with one attached hydrogen (secondary N) is 1. The number of methoxy groups -OCH3 is 1. The zero-order chi connectivity index (χ0) is 19.4. The second kappa shape index (κ2) is 8.27. The Hall–Kier alpha value is -2.79. The summed E-state index contributed by atoms with van der Waals surface area (Å²) in [7, 11) is 1.42. The van der Waals surface area contributed by atoms with E-state index in [9.17, 15) is 10.1 Å². The summed E-state index contributed by atoms with van der Waals surface area (Å²) in [5.41, 5.74) is 0.260. The number of benzene rings is 1. The Bertz CT molecular complexity index is 916. The minimum Gasteiger partial charge on any atom is -0.493 e. The predicted molar refractivity (Wildman–Crippen MR) is 99.1 cm³/mol. The third-order valence-corrected chi connectivity index (χ3v) is 4.24. The number of ether oxygens (including phenoxy) is 3. The molecule has 0 spiro atoms. The SMILES string of the molecule is CCOc1c(OC)cc(/C=N\n2c(C3CCCO3)n[nH]c2=S)cc1[N+](=O)[O-]. The van der Waals surface area contributed by atoms with Crippen molar-refractivity contribution in [1.29, 1.82) is 0 Å². The van der Waals surface area contributed by atoms with E-state index in [4.69, 9.17) is 26.4 Å². The number of H-pyrrole nitrogens is 1. The smallest absolute Gasteiger partial charge is 0.315 e. The molecule has 1 aromatic heterocycles. The van der Waals surface area contributed by atoms with Gasteiger partial charge in [-0.05, 0) is 38.0 Å². The molecule has 3 rings (SSSR count). The highest BCUT2D eigenvalue weighted by atomic mass is 32.1. The highest BCUT2D eigenvalue weighted by Gasteiger charge is 2.24. The summed E-state index contributed by atoms with van der Waals surface area (Å²) >= 11 is 5.22. The minimum atomic E-state index is -0.522. The summed E-state index contributed by atoms with van der Waals surface area (Å²) in [6.45, 7) is 2.68. The average Bonchev–Trinajstić information content (AvgIpc) is 3.30. The van der Waals surface area contributed by atoms with Gasteiger partial charge in [0.25, 0.3) is 0 Å². The molecule has 1 N–H and O–H groups in total. The van der Waals surface area contributed by atoms with Gasteiger partial charge < -0.3 is 14.2 Å². The first-order valence-electron chi connectivity index (χ1n) is 8.37. The molecule has 1 aromatic carbocycles. The van der Waals surface area contributed by atoms with Gasteiger partial charge in [-0.15, -0.1) is 0 Å². The quantitative estimate of drug-likeness (QED) is 0.332. The first kappa shape index (κ1) is 19.0. The molecule has 0 radical (unpaired) electrons. The van der Waals surface area contributed by atoms with Gasteiger partial charge in [-0.2, -0.15) is 14.9 Å². The molecule has 2 heterocycles. The molecule has 0 bridgehead atoms. The Labute approximate surface area is 159 Å². The van der Waals surface area contributed by atoms with E-state index < -0.39 is 4.92 Å². The van der Waals surface area contributed by atoms with Crippen LogP contribution in [0.3, 0.4) is 0 Å². The molecule has 0 saturated carbocycles. The molecule has 2 aromatic rings. The number of nitro groups is 1. The van der Waals surface area contributed by atoms with Crippen molar-refractivity contribution in [3.63, 3.8) is 0 Å². The van der Waals surface area contributed by atoms with Crippen molar-refractivity contribution in [1.82, 2.24) is 14.9 Å². The van der Waals surface area contributed by atoms with Crippen molar-refractivity contribution in [3.8, 4) is 11.5 Å². The maximum atomic E-state index is 11.4. The van der Waals surface area contributed by atoms with Crippen molar-refractivity contribution in [3.05, 3.63) is 38.4 Å². The molecule has 10 nitrogen and oxygen atoms in total. The van der Waals surface area contributed by atoms with Crippen LogP contribution in [0.5, 0.6) is 11.5 Å². The van der Waals surface area contributed by atoms with Crippen LogP contribution in [0.2, 0.25) is 0 Å². The summed E-state index contributed by atoms with van der Waals surface area (Å²) in [6, 6.07) is 2.98. The Morgan fingerprint density at radius 2 is 2.41 bits per heavy atom. The first-order valence-corrected chi connectivity index (χ1v) is 8.78. The summed E-state index contributed by atoms with van der Waals surface area (Å²) in [5, 5.41) is 22.6. The van der Waals surface area contributed by atoms with E-state index in [1.54, 1.807) is 13.0 Å². The van der Waals surface area contributed by atoms with Gasteiger partial charge in [-0.25, -0.2) is 0 Å². The van der Waals surface area contributed by atoms with E-state index in [-0.39, 0.29) is 29.9 Å². The lowest BCUT2D eigenvalue weighted by molar-refractivity contribution is -0.385. The van der Waals surface area contributed by atoms with Gasteiger partial charge in [-0.3, -0.25) is 15.2 Å². The van der Waals surface area contributed by atoms with Gasteiger partial charge in [0.2, 0.25) is 10.5 Å². The lowest BCUT2D eigenvalue weighted by atomic mass is 10.2. The maximum Gasteiger partial charge on any atom is 0.315 e. The fourth-order valence-corrected chi connectivity index (χ4v) is 2.98. The molecule has 1 aliphatic heterocycles. The van der Waals surface area contributed by atoms with Gasteiger partial charge in [0.15, 0.2) is 11.6 Å². The largest absolute Gasteiger partial charge is 0.493 e. The molecular weight excluding hydrogens is 374 g/mol. The van der Waals surface area contributed by atoms with Gasteiger partial charge in [-0.1, -0.05) is 0 Å². The lowest BCUT2D eigenvalue weighted by Crippen LogP contribution is -2.06. The molecule has 0 aliphatic carbocycles. The number of aromatic amines is 1. The van der Waals surface area contributed by atoms with E-state index >= 15 is 0 Å². The molecular formula is C16H19N5O5S. The van der Waals surface area contributed by atoms with Crippen LogP contribution in [0.25, 0.3) is 0 Å². The maximum absolute atomic E-state index is 11.4. The Morgan fingerprint density at radius 3 is 3.04 bits per heavy atom. The molecule has 1 fully saturated rings. The number of hydrogen-bond donors (Lipinski definition) is 1. The average molecular weight is 393 g/mol. The molecule has 1 saturated heterocycles. The fourth-order valence-electron chi connectivity index (χ4n) is 2.79. The van der Waals surface area contributed by atoms with Crippen LogP contribution in [0.1, 0.15) is 37.3 Å². The monoisotopic (exact) mass is 393 g/mol. The molecule has 1 unspecified atom stereocenters. The molecule has 27 heavy (non-hydrogen) atoms. The topological polar surface area (TPSA) is 117 Å². The van der Waals surface area contributed by atoms with Crippen LogP contribution in [0.15, 0.2) is 17.2 Å². The van der Waals surface area contributed by atoms with E-state index in [1.807, 2.05) is 0 Å². The molecule has 144 valence electrons. The first-order chi connectivity index (χ1) is 13.0. The summed E-state index contributed by atoms with van der Waals surface area (Å²) in [5.74, 6) is 0.908. The summed E-state index contributed by atoms with van der Waals surface area (Å²) < 4.78 is 18.0. The Balaban J connectivity index is 1.98. The van der Waals surface area contributed by atoms with Crippen molar-refractivity contribution >= 4 is 24.1 Å².